The number of alkyl carbamates (subject to hydrolysis) is 2. The first-order valence-corrected chi connectivity index (χ1v) is 20.4. The number of aromatic nitrogens is 5. The summed E-state index contributed by atoms with van der Waals surface area (Å²) in [6, 6.07) is 27.5. The molecular weight excluding hydrogens is 787 g/mol. The minimum atomic E-state index is -0.896. The molecule has 15 heteroatoms. The molecule has 4 amide bonds. The summed E-state index contributed by atoms with van der Waals surface area (Å²) in [6.45, 7) is 1.08. The number of carbonyl (C=O) groups is 4. The average molecular weight is 832 g/mol. The molecule has 2 fully saturated rings. The van der Waals surface area contributed by atoms with Gasteiger partial charge in [-0.25, -0.2) is 24.5 Å². The third kappa shape index (κ3) is 9.04. The largest absolute Gasteiger partial charge is 0.453 e. The van der Waals surface area contributed by atoms with Gasteiger partial charge < -0.3 is 39.9 Å². The summed E-state index contributed by atoms with van der Waals surface area (Å²) in [7, 11) is 2.54. The summed E-state index contributed by atoms with van der Waals surface area (Å²) in [6.07, 6.45) is 6.95. The first-order valence-electron chi connectivity index (χ1n) is 20.4. The van der Waals surface area contributed by atoms with E-state index >= 15 is 0 Å². The zero-order chi connectivity index (χ0) is 43.0. The minimum absolute atomic E-state index is 0.226. The second-order valence-electron chi connectivity index (χ2n) is 15.0. The van der Waals surface area contributed by atoms with Crippen LogP contribution < -0.4 is 10.6 Å². The average Bonchev–Trinajstić information content (AvgIpc) is 4.17. The van der Waals surface area contributed by atoms with Crippen LogP contribution in [0.3, 0.4) is 0 Å². The number of nitrogens with zero attached hydrogens (tertiary/aromatic N) is 5. The molecule has 3 aromatic carbocycles. The van der Waals surface area contributed by atoms with Gasteiger partial charge in [-0.15, -0.1) is 0 Å². The number of hydrogen-bond donors (Lipinski definition) is 4. The van der Waals surface area contributed by atoms with E-state index in [9.17, 15) is 19.2 Å². The van der Waals surface area contributed by atoms with E-state index in [1.165, 1.54) is 14.2 Å². The molecule has 0 radical (unpaired) electrons. The van der Waals surface area contributed by atoms with Crippen molar-refractivity contribution in [3.05, 3.63) is 150 Å². The zero-order valence-corrected chi connectivity index (χ0v) is 34.2. The van der Waals surface area contributed by atoms with Gasteiger partial charge in [0.25, 0.3) is 11.8 Å². The molecule has 0 saturated carbocycles. The van der Waals surface area contributed by atoms with Gasteiger partial charge in [-0.3, -0.25) is 9.59 Å². The van der Waals surface area contributed by atoms with E-state index in [0.717, 1.165) is 53.8 Å². The predicted octanol–water partition coefficient (Wildman–Crippen LogP) is 6.78. The number of carbonyl (C=O) groups excluding carboxylic acids is 4. The Balaban J connectivity index is 0.901. The lowest BCUT2D eigenvalue weighted by Crippen LogP contribution is -2.42. The SMILES string of the molecule is COC(=O)NC(C(=O)N1CCCC1c1ncc(-c2ccc(C#Cc3ccc(-c4cnc(C5CCCN5C(=O)C(NC(=O)OC)c5ccccc5)[nH]4)cn3)cc2)[nH]1)c1ccccc1. The molecular formula is C47H45N9O6. The highest BCUT2D eigenvalue weighted by Crippen LogP contribution is 2.35. The number of benzene rings is 3. The molecule has 4 atom stereocenters. The summed E-state index contributed by atoms with van der Waals surface area (Å²) < 4.78 is 9.63. The Morgan fingerprint density at radius 1 is 0.613 bits per heavy atom. The highest BCUT2D eigenvalue weighted by molar-refractivity contribution is 5.88. The molecule has 0 aliphatic carbocycles. The van der Waals surface area contributed by atoms with Crippen molar-refractivity contribution in [1.29, 1.82) is 0 Å². The molecule has 8 rings (SSSR count). The van der Waals surface area contributed by atoms with Crippen molar-refractivity contribution < 1.29 is 28.7 Å². The minimum Gasteiger partial charge on any atom is -0.453 e. The Morgan fingerprint density at radius 3 is 1.56 bits per heavy atom. The van der Waals surface area contributed by atoms with Crippen molar-refractivity contribution in [1.82, 2.24) is 45.4 Å². The Morgan fingerprint density at radius 2 is 1.10 bits per heavy atom. The first-order chi connectivity index (χ1) is 30.3. The molecule has 2 aliphatic heterocycles. The van der Waals surface area contributed by atoms with E-state index in [1.807, 2.05) is 84.9 Å². The van der Waals surface area contributed by atoms with Gasteiger partial charge in [-0.05, 0) is 72.6 Å². The highest BCUT2D eigenvalue weighted by atomic mass is 16.5. The second kappa shape index (κ2) is 18.7. The van der Waals surface area contributed by atoms with Crippen LogP contribution in [-0.2, 0) is 19.1 Å². The number of methoxy groups -OCH3 is 2. The van der Waals surface area contributed by atoms with Crippen LogP contribution in [0.5, 0.6) is 0 Å². The molecule has 3 aromatic heterocycles. The number of hydrogen-bond acceptors (Lipinski definition) is 9. The molecule has 2 aliphatic rings. The van der Waals surface area contributed by atoms with E-state index < -0.39 is 24.3 Å². The quantitative estimate of drug-likeness (QED) is 0.108. The van der Waals surface area contributed by atoms with E-state index in [0.29, 0.717) is 41.6 Å². The molecule has 2 saturated heterocycles. The van der Waals surface area contributed by atoms with Gasteiger partial charge in [0.05, 0.1) is 50.1 Å². The van der Waals surface area contributed by atoms with Crippen LogP contribution in [0, 0.1) is 11.8 Å². The lowest BCUT2D eigenvalue weighted by molar-refractivity contribution is -0.135. The number of aromatic amines is 2. The van der Waals surface area contributed by atoms with Crippen LogP contribution in [0.2, 0.25) is 0 Å². The van der Waals surface area contributed by atoms with Gasteiger partial charge >= 0.3 is 12.2 Å². The van der Waals surface area contributed by atoms with Crippen molar-refractivity contribution >= 4 is 24.0 Å². The maximum Gasteiger partial charge on any atom is 0.407 e. The molecule has 5 heterocycles. The summed E-state index contributed by atoms with van der Waals surface area (Å²) >= 11 is 0. The fourth-order valence-electron chi connectivity index (χ4n) is 7.98. The summed E-state index contributed by atoms with van der Waals surface area (Å²) in [5.41, 5.74) is 6.05. The van der Waals surface area contributed by atoms with Crippen molar-refractivity contribution in [2.24, 2.45) is 0 Å². The topological polar surface area (TPSA) is 188 Å². The van der Waals surface area contributed by atoms with Crippen molar-refractivity contribution in [2.45, 2.75) is 49.9 Å². The summed E-state index contributed by atoms with van der Waals surface area (Å²) in [5.74, 6) is 7.21. The predicted molar refractivity (Wildman–Crippen MR) is 229 cm³/mol. The summed E-state index contributed by atoms with van der Waals surface area (Å²) in [5, 5.41) is 5.40. The standard InChI is InChI=1S/C47H45N9O6/c1-61-46(59)53-40(32-11-5-3-6-12-32)44(57)55-25-9-15-38(55)42-49-28-36(51-42)31-20-17-30(18-21-31)19-23-35-24-22-34(27-48-35)37-29-50-43(52-37)39-16-10-26-56(39)45(58)41(54-47(60)62-2)33-13-7-4-8-14-33/h3-8,11-14,17-18,20-22,24,27-29,38-41H,9-10,15-16,25-26H2,1-2H3,(H,49,51)(H,50,52)(H,53,59)(H,54,60). The monoisotopic (exact) mass is 831 g/mol. The third-order valence-electron chi connectivity index (χ3n) is 11.2. The van der Waals surface area contributed by atoms with E-state index in [-0.39, 0.29) is 23.9 Å². The Hall–Kier alpha value is -7.73. The van der Waals surface area contributed by atoms with Gasteiger partial charge in [-0.1, -0.05) is 78.7 Å². The van der Waals surface area contributed by atoms with Gasteiger partial charge in [-0.2, -0.15) is 0 Å². The number of ether oxygens (including phenoxy) is 2. The van der Waals surface area contributed by atoms with Crippen molar-refractivity contribution in [3.63, 3.8) is 0 Å². The molecule has 314 valence electrons. The smallest absolute Gasteiger partial charge is 0.407 e. The van der Waals surface area contributed by atoms with Crippen LogP contribution in [0.15, 0.2) is 116 Å². The molecule has 15 nitrogen and oxygen atoms in total. The van der Waals surface area contributed by atoms with Gasteiger partial charge in [0.1, 0.15) is 29.4 Å². The number of nitrogens with one attached hydrogen (secondary N) is 4. The normalized spacial score (nSPS) is 16.7. The van der Waals surface area contributed by atoms with Crippen molar-refractivity contribution in [2.75, 3.05) is 27.3 Å². The number of pyridine rings is 1. The lowest BCUT2D eigenvalue weighted by atomic mass is 10.1. The molecule has 4 N–H and O–H groups in total. The molecule has 0 bridgehead atoms. The number of imidazole rings is 2. The zero-order valence-electron chi connectivity index (χ0n) is 34.2. The van der Waals surface area contributed by atoms with Gasteiger partial charge in [0.15, 0.2) is 0 Å². The first kappa shape index (κ1) is 41.0. The number of rotatable bonds is 10. The fourth-order valence-corrected chi connectivity index (χ4v) is 7.98. The second-order valence-corrected chi connectivity index (χ2v) is 15.0. The maximum absolute atomic E-state index is 13.9. The molecule has 4 unspecified atom stereocenters. The van der Waals surface area contributed by atoms with Crippen LogP contribution >= 0.6 is 0 Å². The lowest BCUT2D eigenvalue weighted by Gasteiger charge is -2.28. The van der Waals surface area contributed by atoms with Crippen LogP contribution in [-0.4, -0.2) is 86.0 Å². The van der Waals surface area contributed by atoms with Gasteiger partial charge in [0, 0.05) is 30.4 Å². The number of amides is 4. The molecule has 62 heavy (non-hydrogen) atoms. The Labute approximate surface area is 358 Å². The Kier molecular flexibility index (Phi) is 12.4. The number of H-pyrrole nitrogens is 2. The van der Waals surface area contributed by atoms with E-state index in [1.54, 1.807) is 40.5 Å². The summed E-state index contributed by atoms with van der Waals surface area (Å²) in [4.78, 5) is 76.4. The highest BCUT2D eigenvalue weighted by Gasteiger charge is 2.38. The Bertz CT molecular complexity index is 2410. The van der Waals surface area contributed by atoms with E-state index in [4.69, 9.17) is 9.47 Å². The van der Waals surface area contributed by atoms with E-state index in [2.05, 4.69) is 47.4 Å². The van der Waals surface area contributed by atoms with Gasteiger partial charge in [0.2, 0.25) is 0 Å². The molecule has 0 spiro atoms. The molecule has 6 aromatic rings. The van der Waals surface area contributed by atoms with Crippen LogP contribution in [0.4, 0.5) is 9.59 Å². The number of likely N-dealkylation sites (tertiary alicyclic amines) is 2. The fraction of sp³-hybridized carbons (Fsp3) is 0.255. The van der Waals surface area contributed by atoms with Crippen LogP contribution in [0.25, 0.3) is 22.5 Å². The van der Waals surface area contributed by atoms with Crippen LogP contribution in [0.1, 0.15) is 83.9 Å². The maximum atomic E-state index is 13.9. The third-order valence-corrected chi connectivity index (χ3v) is 11.2. The van der Waals surface area contributed by atoms with Crippen molar-refractivity contribution in [3.8, 4) is 34.4 Å².